The molecule has 0 bridgehead atoms. The predicted molar refractivity (Wildman–Crippen MR) is 39.7 cm³/mol. The van der Waals surface area contributed by atoms with Gasteiger partial charge in [-0.15, -0.1) is 0 Å². The number of rotatable bonds is 0. The fourth-order valence-electron chi connectivity index (χ4n) is 1.09. The highest BCUT2D eigenvalue weighted by molar-refractivity contribution is 5.62. The van der Waals surface area contributed by atoms with Gasteiger partial charge in [0.15, 0.2) is 0 Å². The SMILES string of the molecule is Nc1[nH]c2c(c1N)=CCN=2. The number of H-pyrrole nitrogens is 1. The maximum Gasteiger partial charge on any atom is 0.136 e. The van der Waals surface area contributed by atoms with Gasteiger partial charge in [-0.2, -0.15) is 0 Å². The largest absolute Gasteiger partial charge is 0.395 e. The molecule has 2 heterocycles. The van der Waals surface area contributed by atoms with Crippen LogP contribution in [0.15, 0.2) is 4.99 Å². The molecule has 0 aliphatic carbocycles. The molecule has 1 aromatic heterocycles. The van der Waals surface area contributed by atoms with E-state index in [0.29, 0.717) is 18.1 Å². The molecule has 5 N–H and O–H groups in total. The number of nitrogens with zero attached hydrogens (tertiary/aromatic N) is 1. The molecule has 0 fully saturated rings. The van der Waals surface area contributed by atoms with Gasteiger partial charge in [-0.05, 0) is 6.08 Å². The van der Waals surface area contributed by atoms with Crippen LogP contribution in [0.1, 0.15) is 0 Å². The van der Waals surface area contributed by atoms with Crippen molar-refractivity contribution in [2.45, 2.75) is 0 Å². The third-order valence-electron chi connectivity index (χ3n) is 1.63. The minimum absolute atomic E-state index is 0.518. The Bertz CT molecular complexity index is 373. The van der Waals surface area contributed by atoms with Gasteiger partial charge in [0.25, 0.3) is 0 Å². The molecule has 0 spiro atoms. The number of anilines is 2. The molecule has 1 aliphatic heterocycles. The van der Waals surface area contributed by atoms with E-state index >= 15 is 0 Å². The average Bonchev–Trinajstić information content (AvgIpc) is 2.41. The summed E-state index contributed by atoms with van der Waals surface area (Å²) in [5.41, 5.74) is 12.5. The second-order valence-electron chi connectivity index (χ2n) is 2.26. The van der Waals surface area contributed by atoms with E-state index in [1.54, 1.807) is 0 Å². The lowest BCUT2D eigenvalue weighted by atomic mass is 10.4. The van der Waals surface area contributed by atoms with Crippen molar-refractivity contribution in [3.63, 3.8) is 0 Å². The summed E-state index contributed by atoms with van der Waals surface area (Å²) in [6.07, 6.45) is 1.96. The summed E-state index contributed by atoms with van der Waals surface area (Å²) in [7, 11) is 0. The van der Waals surface area contributed by atoms with Gasteiger partial charge in [0.05, 0.1) is 12.2 Å². The molecule has 2 rings (SSSR count). The number of hydrogen-bond acceptors (Lipinski definition) is 3. The highest BCUT2D eigenvalue weighted by atomic mass is 15.0. The molecule has 0 atom stereocenters. The predicted octanol–water partition coefficient (Wildman–Crippen LogP) is -1.41. The Kier molecular flexibility index (Phi) is 0.818. The molecule has 0 amide bonds. The van der Waals surface area contributed by atoms with Gasteiger partial charge in [-0.25, -0.2) is 0 Å². The fraction of sp³-hybridized carbons (Fsp3) is 0.167. The summed E-state index contributed by atoms with van der Waals surface area (Å²) < 4.78 is 0. The van der Waals surface area contributed by atoms with Gasteiger partial charge < -0.3 is 16.5 Å². The van der Waals surface area contributed by atoms with Crippen LogP contribution in [0.4, 0.5) is 11.5 Å². The van der Waals surface area contributed by atoms with E-state index in [1.807, 2.05) is 6.08 Å². The molecule has 0 aromatic carbocycles. The zero-order chi connectivity index (χ0) is 7.14. The first-order chi connectivity index (χ1) is 4.79. The van der Waals surface area contributed by atoms with Crippen molar-refractivity contribution >= 4 is 17.6 Å². The van der Waals surface area contributed by atoms with E-state index < -0.39 is 0 Å². The van der Waals surface area contributed by atoms with Crippen molar-refractivity contribution in [1.29, 1.82) is 0 Å². The summed E-state index contributed by atoms with van der Waals surface area (Å²) in [4.78, 5) is 6.99. The summed E-state index contributed by atoms with van der Waals surface area (Å²) in [6, 6.07) is 0. The summed E-state index contributed by atoms with van der Waals surface area (Å²) in [6.45, 7) is 0.714. The topological polar surface area (TPSA) is 80.2 Å². The lowest BCUT2D eigenvalue weighted by molar-refractivity contribution is 1.14. The van der Waals surface area contributed by atoms with Crippen LogP contribution in [0.2, 0.25) is 0 Å². The standard InChI is InChI=1S/C6H8N4/c7-4-3-1-2-9-6(3)10-5(4)8/h1H,2,7-8H2,(H,9,10). The zero-order valence-electron chi connectivity index (χ0n) is 5.39. The molecule has 0 unspecified atom stereocenters. The second-order valence-corrected chi connectivity index (χ2v) is 2.26. The Hall–Kier alpha value is -1.45. The Balaban J connectivity index is 2.97. The third kappa shape index (κ3) is 0.478. The minimum atomic E-state index is 0.518. The van der Waals surface area contributed by atoms with Crippen LogP contribution in [0.5, 0.6) is 0 Å². The van der Waals surface area contributed by atoms with Gasteiger partial charge in [0.2, 0.25) is 0 Å². The highest BCUT2D eigenvalue weighted by Crippen LogP contribution is 2.01. The van der Waals surface area contributed by atoms with Gasteiger partial charge in [-0.3, -0.25) is 4.99 Å². The minimum Gasteiger partial charge on any atom is -0.395 e. The number of nitrogens with one attached hydrogen (secondary N) is 1. The van der Waals surface area contributed by atoms with Crippen molar-refractivity contribution in [2.24, 2.45) is 4.99 Å². The summed E-state index contributed by atoms with van der Waals surface area (Å²) in [5.74, 6) is 0.518. The number of nitrogen functional groups attached to an aromatic ring is 2. The zero-order valence-corrected chi connectivity index (χ0v) is 5.39. The highest BCUT2D eigenvalue weighted by Gasteiger charge is 2.04. The average molecular weight is 136 g/mol. The molecule has 0 saturated carbocycles. The fourth-order valence-corrected chi connectivity index (χ4v) is 1.09. The van der Waals surface area contributed by atoms with E-state index in [2.05, 4.69) is 9.98 Å². The second kappa shape index (κ2) is 1.53. The number of hydrogen-bond donors (Lipinski definition) is 3. The Morgan fingerprint density at radius 1 is 1.50 bits per heavy atom. The molecule has 10 heavy (non-hydrogen) atoms. The molecule has 1 aromatic rings. The van der Waals surface area contributed by atoms with Crippen molar-refractivity contribution in [3.05, 3.63) is 10.7 Å². The number of aromatic amines is 1. The van der Waals surface area contributed by atoms with E-state index in [1.165, 1.54) is 0 Å². The molecule has 0 saturated heterocycles. The summed E-state index contributed by atoms with van der Waals surface area (Å²) in [5, 5.41) is 0.956. The monoisotopic (exact) mass is 136 g/mol. The van der Waals surface area contributed by atoms with Crippen molar-refractivity contribution in [3.8, 4) is 0 Å². The van der Waals surface area contributed by atoms with Gasteiger partial charge in [0.1, 0.15) is 11.3 Å². The molecule has 4 nitrogen and oxygen atoms in total. The smallest absolute Gasteiger partial charge is 0.136 e. The van der Waals surface area contributed by atoms with E-state index in [9.17, 15) is 0 Å². The van der Waals surface area contributed by atoms with E-state index in [4.69, 9.17) is 11.5 Å². The molecule has 1 aliphatic rings. The van der Waals surface area contributed by atoms with Gasteiger partial charge in [0, 0.05) is 5.22 Å². The molecular weight excluding hydrogens is 128 g/mol. The Morgan fingerprint density at radius 2 is 2.30 bits per heavy atom. The normalized spacial score (nSPS) is 14.0. The van der Waals surface area contributed by atoms with Crippen LogP contribution < -0.4 is 22.2 Å². The Labute approximate surface area is 57.3 Å². The quantitative estimate of drug-likeness (QED) is 0.409. The van der Waals surface area contributed by atoms with Crippen LogP contribution in [0.25, 0.3) is 6.08 Å². The molecule has 0 radical (unpaired) electrons. The van der Waals surface area contributed by atoms with Crippen molar-refractivity contribution in [1.82, 2.24) is 4.98 Å². The number of nitrogens with two attached hydrogens (primary N) is 2. The van der Waals surface area contributed by atoms with Crippen molar-refractivity contribution < 1.29 is 0 Å². The lowest BCUT2D eigenvalue weighted by Gasteiger charge is -1.85. The van der Waals surface area contributed by atoms with Crippen LogP contribution in [0.3, 0.4) is 0 Å². The van der Waals surface area contributed by atoms with Crippen LogP contribution in [-0.2, 0) is 0 Å². The van der Waals surface area contributed by atoms with Crippen LogP contribution in [-0.4, -0.2) is 11.5 Å². The van der Waals surface area contributed by atoms with E-state index in [0.717, 1.165) is 10.7 Å². The van der Waals surface area contributed by atoms with Crippen molar-refractivity contribution in [2.75, 3.05) is 18.0 Å². The number of fused-ring (bicyclic) bond motifs is 1. The first-order valence-corrected chi connectivity index (χ1v) is 3.06. The first kappa shape index (κ1) is 5.34. The third-order valence-corrected chi connectivity index (χ3v) is 1.63. The van der Waals surface area contributed by atoms with Gasteiger partial charge in [-0.1, -0.05) is 0 Å². The lowest BCUT2D eigenvalue weighted by Crippen LogP contribution is -2.20. The maximum atomic E-state index is 5.61. The van der Waals surface area contributed by atoms with Crippen LogP contribution >= 0.6 is 0 Å². The van der Waals surface area contributed by atoms with E-state index in [-0.39, 0.29) is 0 Å². The molecule has 4 heteroatoms. The molecular formula is C6H8N4. The number of aromatic nitrogens is 1. The van der Waals surface area contributed by atoms with Crippen LogP contribution in [0, 0.1) is 0 Å². The first-order valence-electron chi connectivity index (χ1n) is 3.06. The Morgan fingerprint density at radius 3 is 3.00 bits per heavy atom. The van der Waals surface area contributed by atoms with Gasteiger partial charge >= 0.3 is 0 Å². The summed E-state index contributed by atoms with van der Waals surface area (Å²) >= 11 is 0. The maximum absolute atomic E-state index is 5.61. The molecule has 52 valence electrons.